The minimum absolute atomic E-state index is 0.177. The zero-order chi connectivity index (χ0) is 17.7. The Bertz CT molecular complexity index is 716. The van der Waals surface area contributed by atoms with Crippen LogP contribution in [0.4, 0.5) is 15.8 Å². The van der Waals surface area contributed by atoms with Crippen molar-refractivity contribution in [2.75, 3.05) is 31.3 Å². The Kier molecular flexibility index (Phi) is 5.79. The second-order valence-electron chi connectivity index (χ2n) is 6.02. The van der Waals surface area contributed by atoms with Gasteiger partial charge >= 0.3 is 0 Å². The molecule has 5 heteroatoms. The van der Waals surface area contributed by atoms with Crippen molar-refractivity contribution in [3.05, 3.63) is 59.4 Å². The molecule has 0 atom stereocenters. The van der Waals surface area contributed by atoms with Gasteiger partial charge in [-0.2, -0.15) is 0 Å². The maximum absolute atomic E-state index is 13.4. The highest BCUT2D eigenvalue weighted by Gasteiger charge is 2.18. The number of benzene rings is 2. The van der Waals surface area contributed by atoms with Crippen molar-refractivity contribution < 1.29 is 9.18 Å². The molecule has 0 saturated heterocycles. The highest BCUT2D eigenvalue weighted by Crippen LogP contribution is 2.24. The van der Waals surface area contributed by atoms with Crippen molar-refractivity contribution in [3.63, 3.8) is 0 Å². The average molecular weight is 329 g/mol. The quantitative estimate of drug-likeness (QED) is 0.825. The third-order valence-electron chi connectivity index (χ3n) is 3.80. The largest absolute Gasteiger partial charge is 0.399 e. The van der Waals surface area contributed by atoms with Crippen LogP contribution in [-0.2, 0) is 6.54 Å². The highest BCUT2D eigenvalue weighted by atomic mass is 19.1. The van der Waals surface area contributed by atoms with Crippen molar-refractivity contribution in [1.29, 1.82) is 0 Å². The van der Waals surface area contributed by atoms with Crippen molar-refractivity contribution >= 4 is 17.3 Å². The maximum Gasteiger partial charge on any atom is 0.254 e. The molecule has 0 aromatic heterocycles. The van der Waals surface area contributed by atoms with Gasteiger partial charge in [0, 0.05) is 44.1 Å². The van der Waals surface area contributed by atoms with E-state index >= 15 is 0 Å². The molecule has 2 aromatic rings. The van der Waals surface area contributed by atoms with Crippen LogP contribution in [0.25, 0.3) is 0 Å². The van der Waals surface area contributed by atoms with E-state index in [-0.39, 0.29) is 5.91 Å². The smallest absolute Gasteiger partial charge is 0.254 e. The Morgan fingerprint density at radius 1 is 1.17 bits per heavy atom. The molecule has 0 aliphatic heterocycles. The van der Waals surface area contributed by atoms with Crippen LogP contribution < -0.4 is 10.6 Å². The summed E-state index contributed by atoms with van der Waals surface area (Å²) in [6.07, 6.45) is 0.820. The highest BCUT2D eigenvalue weighted by molar-refractivity contribution is 5.94. The molecule has 0 heterocycles. The van der Waals surface area contributed by atoms with Gasteiger partial charge in [0.15, 0.2) is 0 Å². The molecule has 2 N–H and O–H groups in total. The second-order valence-corrected chi connectivity index (χ2v) is 6.02. The molecule has 0 radical (unpaired) electrons. The van der Waals surface area contributed by atoms with Crippen molar-refractivity contribution in [2.45, 2.75) is 19.9 Å². The van der Waals surface area contributed by atoms with Gasteiger partial charge in [-0.15, -0.1) is 0 Å². The van der Waals surface area contributed by atoms with E-state index in [0.29, 0.717) is 24.3 Å². The van der Waals surface area contributed by atoms with E-state index in [2.05, 4.69) is 0 Å². The first-order valence-corrected chi connectivity index (χ1v) is 8.03. The molecular formula is C19H24FN3O. The Morgan fingerprint density at radius 3 is 2.54 bits per heavy atom. The van der Waals surface area contributed by atoms with Gasteiger partial charge in [-0.3, -0.25) is 4.79 Å². The average Bonchev–Trinajstić information content (AvgIpc) is 2.53. The summed E-state index contributed by atoms with van der Waals surface area (Å²) < 4.78 is 13.4. The normalized spacial score (nSPS) is 10.5. The molecule has 0 aliphatic rings. The first-order valence-electron chi connectivity index (χ1n) is 8.03. The fourth-order valence-corrected chi connectivity index (χ4v) is 2.70. The summed E-state index contributed by atoms with van der Waals surface area (Å²) in [5.41, 5.74) is 8.91. The minimum Gasteiger partial charge on any atom is -0.399 e. The number of carbonyl (C=O) groups is 1. The molecule has 0 aliphatic carbocycles. The number of hydrogen-bond donors (Lipinski definition) is 1. The van der Waals surface area contributed by atoms with Gasteiger partial charge in [0.05, 0.1) is 0 Å². The van der Waals surface area contributed by atoms with Gasteiger partial charge in [-0.1, -0.05) is 13.0 Å². The van der Waals surface area contributed by atoms with Gasteiger partial charge in [-0.05, 0) is 48.4 Å². The molecule has 2 aromatic carbocycles. The summed E-state index contributed by atoms with van der Waals surface area (Å²) in [4.78, 5) is 16.5. The molecule has 0 saturated carbocycles. The van der Waals surface area contributed by atoms with Crippen LogP contribution in [0.15, 0.2) is 42.5 Å². The van der Waals surface area contributed by atoms with E-state index in [4.69, 9.17) is 5.73 Å². The van der Waals surface area contributed by atoms with Crippen LogP contribution in [0.1, 0.15) is 29.3 Å². The van der Waals surface area contributed by atoms with Crippen LogP contribution >= 0.6 is 0 Å². The van der Waals surface area contributed by atoms with E-state index in [1.54, 1.807) is 17.0 Å². The number of rotatable bonds is 6. The molecule has 24 heavy (non-hydrogen) atoms. The van der Waals surface area contributed by atoms with E-state index in [9.17, 15) is 9.18 Å². The van der Waals surface area contributed by atoms with Crippen LogP contribution in [0, 0.1) is 5.82 Å². The lowest BCUT2D eigenvalue weighted by Crippen LogP contribution is -2.32. The SMILES string of the molecule is CCCN(Cc1cc(N)ccc1N(C)C)C(=O)c1cccc(F)c1. The maximum atomic E-state index is 13.4. The van der Waals surface area contributed by atoms with Crippen molar-refractivity contribution in [1.82, 2.24) is 4.90 Å². The van der Waals surface area contributed by atoms with Crippen LogP contribution in [0.3, 0.4) is 0 Å². The molecule has 2 rings (SSSR count). The molecule has 0 fully saturated rings. The monoisotopic (exact) mass is 329 g/mol. The van der Waals surface area contributed by atoms with Crippen LogP contribution in [0.2, 0.25) is 0 Å². The lowest BCUT2D eigenvalue weighted by molar-refractivity contribution is 0.0743. The molecule has 0 unspecified atom stereocenters. The van der Waals surface area contributed by atoms with E-state index in [1.165, 1.54) is 12.1 Å². The van der Waals surface area contributed by atoms with Crippen LogP contribution in [0.5, 0.6) is 0 Å². The minimum atomic E-state index is -0.407. The Labute approximate surface area is 142 Å². The number of nitrogens with zero attached hydrogens (tertiary/aromatic N) is 2. The van der Waals surface area contributed by atoms with Gasteiger partial charge in [0.25, 0.3) is 5.91 Å². The fraction of sp³-hybridized carbons (Fsp3) is 0.316. The van der Waals surface area contributed by atoms with Crippen molar-refractivity contribution in [3.8, 4) is 0 Å². The molecule has 0 bridgehead atoms. The zero-order valence-corrected chi connectivity index (χ0v) is 14.4. The fourth-order valence-electron chi connectivity index (χ4n) is 2.70. The van der Waals surface area contributed by atoms with Crippen LogP contribution in [-0.4, -0.2) is 31.4 Å². The zero-order valence-electron chi connectivity index (χ0n) is 14.4. The molecule has 0 spiro atoms. The Balaban J connectivity index is 2.32. The third kappa shape index (κ3) is 4.25. The number of nitrogens with two attached hydrogens (primary N) is 1. The van der Waals surface area contributed by atoms with Gasteiger partial charge in [0.1, 0.15) is 5.82 Å². The van der Waals surface area contributed by atoms with E-state index in [1.807, 2.05) is 44.1 Å². The van der Waals surface area contributed by atoms with E-state index < -0.39 is 5.82 Å². The number of anilines is 2. The first-order chi connectivity index (χ1) is 11.4. The standard InChI is InChI=1S/C19H24FN3O/c1-4-10-23(19(24)14-6-5-7-16(20)11-14)13-15-12-17(21)8-9-18(15)22(2)3/h5-9,11-12H,4,10,13,21H2,1-3H3. The molecular weight excluding hydrogens is 305 g/mol. The predicted octanol–water partition coefficient (Wildman–Crippen LogP) is 3.53. The number of amides is 1. The lowest BCUT2D eigenvalue weighted by Gasteiger charge is -2.26. The van der Waals surface area contributed by atoms with Gasteiger partial charge < -0.3 is 15.5 Å². The predicted molar refractivity (Wildman–Crippen MR) is 96.6 cm³/mol. The van der Waals surface area contributed by atoms with Gasteiger partial charge in [0.2, 0.25) is 0 Å². The first kappa shape index (κ1) is 17.8. The summed E-state index contributed by atoms with van der Waals surface area (Å²) >= 11 is 0. The summed E-state index contributed by atoms with van der Waals surface area (Å²) in [6.45, 7) is 3.04. The summed E-state index contributed by atoms with van der Waals surface area (Å²) in [7, 11) is 3.90. The molecule has 128 valence electrons. The number of hydrogen-bond acceptors (Lipinski definition) is 3. The lowest BCUT2D eigenvalue weighted by atomic mass is 10.1. The number of nitrogen functional groups attached to an aromatic ring is 1. The summed E-state index contributed by atoms with van der Waals surface area (Å²) in [5.74, 6) is -0.585. The van der Waals surface area contributed by atoms with E-state index in [0.717, 1.165) is 17.7 Å². The topological polar surface area (TPSA) is 49.6 Å². The van der Waals surface area contributed by atoms with Crippen molar-refractivity contribution in [2.24, 2.45) is 0 Å². The number of carbonyl (C=O) groups excluding carboxylic acids is 1. The van der Waals surface area contributed by atoms with Gasteiger partial charge in [-0.25, -0.2) is 4.39 Å². The second kappa shape index (κ2) is 7.81. The number of halogens is 1. The third-order valence-corrected chi connectivity index (χ3v) is 3.80. The molecule has 4 nitrogen and oxygen atoms in total. The summed E-state index contributed by atoms with van der Waals surface area (Å²) in [6, 6.07) is 11.5. The summed E-state index contributed by atoms with van der Waals surface area (Å²) in [5, 5.41) is 0. The molecule has 1 amide bonds. The Morgan fingerprint density at radius 2 is 1.92 bits per heavy atom. The Hall–Kier alpha value is -2.56.